The van der Waals surface area contributed by atoms with Crippen LogP contribution in [0.25, 0.3) is 0 Å². The Morgan fingerprint density at radius 3 is 2.11 bits per heavy atom. The maximum absolute atomic E-state index is 8.99. The number of hydrogen-bond acceptors (Lipinski definition) is 3. The van der Waals surface area contributed by atoms with Gasteiger partial charge in [0.25, 0.3) is 0 Å². The van der Waals surface area contributed by atoms with Gasteiger partial charge < -0.3 is 10.4 Å². The van der Waals surface area contributed by atoms with Gasteiger partial charge in [-0.15, -0.1) is 0 Å². The molecule has 2 N–H and O–H groups in total. The molecule has 0 unspecified atom stereocenters. The van der Waals surface area contributed by atoms with E-state index in [2.05, 4.69) is 37.6 Å². The molecular formula is C15H25NOS. The topological polar surface area (TPSA) is 32.3 Å². The molecule has 0 aliphatic heterocycles. The van der Waals surface area contributed by atoms with Crippen molar-refractivity contribution in [3.63, 3.8) is 0 Å². The van der Waals surface area contributed by atoms with Gasteiger partial charge in [0.15, 0.2) is 0 Å². The SMILES string of the molecule is CCC(CC)(CNCc1ccc(CO)cc1)SC. The van der Waals surface area contributed by atoms with Crippen molar-refractivity contribution in [2.45, 2.75) is 44.6 Å². The van der Waals surface area contributed by atoms with Crippen molar-refractivity contribution in [2.75, 3.05) is 12.8 Å². The molecule has 102 valence electrons. The molecular weight excluding hydrogens is 242 g/mol. The summed E-state index contributed by atoms with van der Waals surface area (Å²) in [4.78, 5) is 0. The number of aliphatic hydroxyl groups is 1. The summed E-state index contributed by atoms with van der Waals surface area (Å²) in [6, 6.07) is 8.13. The van der Waals surface area contributed by atoms with E-state index in [0.717, 1.165) is 18.7 Å². The van der Waals surface area contributed by atoms with E-state index in [0.29, 0.717) is 4.75 Å². The zero-order valence-corrected chi connectivity index (χ0v) is 12.5. The Hall–Kier alpha value is -0.510. The van der Waals surface area contributed by atoms with Crippen molar-refractivity contribution in [2.24, 2.45) is 0 Å². The van der Waals surface area contributed by atoms with Crippen molar-refractivity contribution < 1.29 is 5.11 Å². The van der Waals surface area contributed by atoms with Crippen molar-refractivity contribution in [3.05, 3.63) is 35.4 Å². The average Bonchev–Trinajstić information content (AvgIpc) is 2.45. The van der Waals surface area contributed by atoms with E-state index < -0.39 is 0 Å². The zero-order chi connectivity index (χ0) is 13.4. The van der Waals surface area contributed by atoms with Gasteiger partial charge in [0, 0.05) is 17.8 Å². The van der Waals surface area contributed by atoms with Crippen LogP contribution < -0.4 is 5.32 Å². The molecule has 0 saturated carbocycles. The van der Waals surface area contributed by atoms with Crippen LogP contribution in [0.5, 0.6) is 0 Å². The maximum atomic E-state index is 8.99. The lowest BCUT2D eigenvalue weighted by atomic mass is 10.0. The second-order valence-electron chi connectivity index (χ2n) is 4.67. The molecule has 0 spiro atoms. The minimum atomic E-state index is 0.120. The summed E-state index contributed by atoms with van der Waals surface area (Å²) in [5.74, 6) is 0. The van der Waals surface area contributed by atoms with E-state index >= 15 is 0 Å². The average molecular weight is 267 g/mol. The van der Waals surface area contributed by atoms with Crippen molar-refractivity contribution in [3.8, 4) is 0 Å². The quantitative estimate of drug-likeness (QED) is 0.758. The van der Waals surface area contributed by atoms with Gasteiger partial charge in [0.2, 0.25) is 0 Å². The maximum Gasteiger partial charge on any atom is 0.0681 e. The van der Waals surface area contributed by atoms with Gasteiger partial charge in [-0.05, 0) is 30.2 Å². The predicted octanol–water partition coefficient (Wildman–Crippen LogP) is 3.19. The van der Waals surface area contributed by atoms with Crippen LogP contribution in [0.3, 0.4) is 0 Å². The van der Waals surface area contributed by atoms with Crippen LogP contribution in [0.4, 0.5) is 0 Å². The van der Waals surface area contributed by atoms with Gasteiger partial charge in [-0.25, -0.2) is 0 Å². The van der Waals surface area contributed by atoms with Gasteiger partial charge in [-0.1, -0.05) is 38.1 Å². The molecule has 2 nitrogen and oxygen atoms in total. The van der Waals surface area contributed by atoms with Crippen LogP contribution in [-0.2, 0) is 13.2 Å². The van der Waals surface area contributed by atoms with Crippen LogP contribution in [0.2, 0.25) is 0 Å². The number of rotatable bonds is 8. The third-order valence-corrected chi connectivity index (χ3v) is 5.29. The number of aliphatic hydroxyl groups excluding tert-OH is 1. The Kier molecular flexibility index (Phi) is 6.76. The molecule has 0 amide bonds. The summed E-state index contributed by atoms with van der Waals surface area (Å²) in [5.41, 5.74) is 2.24. The standard InChI is InChI=1S/C15H25NOS/c1-4-15(5-2,18-3)12-16-10-13-6-8-14(11-17)9-7-13/h6-9,16-17H,4-5,10-12H2,1-3H3. The number of thioether (sulfide) groups is 1. The van der Waals surface area contributed by atoms with Crippen LogP contribution in [-0.4, -0.2) is 22.7 Å². The van der Waals surface area contributed by atoms with Crippen LogP contribution in [0.15, 0.2) is 24.3 Å². The molecule has 18 heavy (non-hydrogen) atoms. The first-order valence-corrected chi connectivity index (χ1v) is 7.86. The largest absolute Gasteiger partial charge is 0.392 e. The van der Waals surface area contributed by atoms with Gasteiger partial charge >= 0.3 is 0 Å². The molecule has 0 saturated heterocycles. The zero-order valence-electron chi connectivity index (χ0n) is 11.7. The normalized spacial score (nSPS) is 11.8. The molecule has 0 aliphatic carbocycles. The lowest BCUT2D eigenvalue weighted by molar-refractivity contribution is 0.282. The summed E-state index contributed by atoms with van der Waals surface area (Å²) in [6.45, 7) is 6.58. The fourth-order valence-corrected chi connectivity index (χ4v) is 2.88. The molecule has 1 rings (SSSR count). The van der Waals surface area contributed by atoms with Gasteiger partial charge in [-0.3, -0.25) is 0 Å². The van der Waals surface area contributed by atoms with Crippen molar-refractivity contribution in [1.29, 1.82) is 0 Å². The minimum Gasteiger partial charge on any atom is -0.392 e. The van der Waals surface area contributed by atoms with E-state index in [1.807, 2.05) is 23.9 Å². The molecule has 0 aliphatic rings. The number of nitrogens with one attached hydrogen (secondary N) is 1. The van der Waals surface area contributed by atoms with E-state index in [1.165, 1.54) is 18.4 Å². The smallest absolute Gasteiger partial charge is 0.0681 e. The first kappa shape index (κ1) is 15.5. The lowest BCUT2D eigenvalue weighted by Gasteiger charge is -2.30. The molecule has 0 atom stereocenters. The molecule has 3 heteroatoms. The Morgan fingerprint density at radius 1 is 1.11 bits per heavy atom. The Labute approximate surface area is 115 Å². The monoisotopic (exact) mass is 267 g/mol. The Bertz CT molecular complexity index is 325. The fraction of sp³-hybridized carbons (Fsp3) is 0.600. The summed E-state index contributed by atoms with van der Waals surface area (Å²) in [6.07, 6.45) is 4.59. The van der Waals surface area contributed by atoms with E-state index in [4.69, 9.17) is 5.11 Å². The minimum absolute atomic E-state index is 0.120. The molecule has 0 aromatic heterocycles. The fourth-order valence-electron chi connectivity index (χ4n) is 2.06. The van der Waals surface area contributed by atoms with E-state index in [9.17, 15) is 0 Å². The first-order valence-electron chi connectivity index (χ1n) is 6.64. The third kappa shape index (κ3) is 4.30. The summed E-state index contributed by atoms with van der Waals surface area (Å²) in [5, 5.41) is 12.5. The molecule has 0 fully saturated rings. The lowest BCUT2D eigenvalue weighted by Crippen LogP contribution is -2.36. The van der Waals surface area contributed by atoms with Crippen LogP contribution in [0, 0.1) is 0 Å². The Balaban J connectivity index is 2.44. The molecule has 0 heterocycles. The highest BCUT2D eigenvalue weighted by atomic mass is 32.2. The van der Waals surface area contributed by atoms with Gasteiger partial charge in [0.1, 0.15) is 0 Å². The number of hydrogen-bond donors (Lipinski definition) is 2. The van der Waals surface area contributed by atoms with E-state index in [1.54, 1.807) is 0 Å². The second kappa shape index (κ2) is 7.82. The Morgan fingerprint density at radius 2 is 1.67 bits per heavy atom. The third-order valence-electron chi connectivity index (χ3n) is 3.70. The summed E-state index contributed by atoms with van der Waals surface area (Å²) in [7, 11) is 0. The van der Waals surface area contributed by atoms with Crippen molar-refractivity contribution in [1.82, 2.24) is 5.32 Å². The highest BCUT2D eigenvalue weighted by Gasteiger charge is 2.23. The second-order valence-corrected chi connectivity index (χ2v) is 5.95. The van der Waals surface area contributed by atoms with Gasteiger partial charge in [-0.2, -0.15) is 11.8 Å². The highest BCUT2D eigenvalue weighted by Crippen LogP contribution is 2.29. The molecule has 0 bridgehead atoms. The highest BCUT2D eigenvalue weighted by molar-refractivity contribution is 8.00. The van der Waals surface area contributed by atoms with Crippen LogP contribution in [0.1, 0.15) is 37.8 Å². The predicted molar refractivity (Wildman–Crippen MR) is 80.9 cm³/mol. The van der Waals surface area contributed by atoms with Gasteiger partial charge in [0.05, 0.1) is 6.61 Å². The van der Waals surface area contributed by atoms with E-state index in [-0.39, 0.29) is 6.61 Å². The molecule has 0 radical (unpaired) electrons. The summed E-state index contributed by atoms with van der Waals surface area (Å²) < 4.78 is 0.366. The molecule has 1 aromatic rings. The molecule has 1 aromatic carbocycles. The number of benzene rings is 1. The van der Waals surface area contributed by atoms with Crippen molar-refractivity contribution >= 4 is 11.8 Å². The first-order chi connectivity index (χ1) is 8.69. The summed E-state index contributed by atoms with van der Waals surface area (Å²) >= 11 is 1.96. The van der Waals surface area contributed by atoms with Crippen LogP contribution >= 0.6 is 11.8 Å².